The third kappa shape index (κ3) is 6.59. The Morgan fingerprint density at radius 1 is 0.811 bits per heavy atom. The molecule has 0 unspecified atom stereocenters. The van der Waals surface area contributed by atoms with Crippen molar-refractivity contribution in [2.45, 2.75) is 138 Å². The van der Waals surface area contributed by atoms with Crippen LogP contribution in [0.25, 0.3) is 5.57 Å². The summed E-state index contributed by atoms with van der Waals surface area (Å²) in [5.74, 6) is 1.42. The summed E-state index contributed by atoms with van der Waals surface area (Å²) >= 11 is 0. The summed E-state index contributed by atoms with van der Waals surface area (Å²) in [6.45, 7) is 24.4. The Labute approximate surface area is 320 Å². The van der Waals surface area contributed by atoms with Crippen molar-refractivity contribution in [3.8, 4) is 0 Å². The number of Topliss-reactive ketones (excluding diaryl/α,β-unsaturated/α-hetero) is 1. The average Bonchev–Trinajstić information content (AvgIpc) is 3.50. The monoisotopic (exact) mass is 728 g/mol. The zero-order valence-corrected chi connectivity index (χ0v) is 34.1. The molecule has 292 valence electrons. The van der Waals surface area contributed by atoms with Crippen molar-refractivity contribution in [2.24, 2.45) is 56.7 Å². The third-order valence-electron chi connectivity index (χ3n) is 17.1. The first kappa shape index (κ1) is 39.9. The predicted octanol–water partition coefficient (Wildman–Crippen LogP) is 11.0. The molecule has 4 fully saturated rings. The van der Waals surface area contributed by atoms with Gasteiger partial charge in [-0.25, -0.2) is 4.79 Å². The molecule has 6 nitrogen and oxygen atoms in total. The van der Waals surface area contributed by atoms with E-state index in [1.807, 2.05) is 12.1 Å². The first-order valence-corrected chi connectivity index (χ1v) is 21.1. The molecule has 6 rings (SSSR count). The number of nitrogens with zero attached hydrogens (tertiary/aromatic N) is 1. The zero-order valence-electron chi connectivity index (χ0n) is 34.1. The molecule has 0 radical (unpaired) electrons. The molecular formula is C47H69NO5. The molecule has 9 atom stereocenters. The number of carbonyl (C=O) groups is 3. The number of aromatic carboxylic acids is 1. The van der Waals surface area contributed by atoms with Gasteiger partial charge in [-0.15, -0.1) is 0 Å². The van der Waals surface area contributed by atoms with Crippen molar-refractivity contribution in [1.29, 1.82) is 0 Å². The quantitative estimate of drug-likeness (QED) is 0.146. The third-order valence-corrected chi connectivity index (χ3v) is 17.1. The van der Waals surface area contributed by atoms with Gasteiger partial charge in [0.1, 0.15) is 5.78 Å². The minimum absolute atomic E-state index is 0.0197. The van der Waals surface area contributed by atoms with Gasteiger partial charge in [0.2, 0.25) is 0 Å². The van der Waals surface area contributed by atoms with E-state index in [1.54, 1.807) is 12.1 Å². The van der Waals surface area contributed by atoms with Gasteiger partial charge in [0.05, 0.1) is 5.56 Å². The van der Waals surface area contributed by atoms with Crippen molar-refractivity contribution >= 4 is 23.3 Å². The highest BCUT2D eigenvalue weighted by Gasteiger charge is 2.71. The Bertz CT molecular complexity index is 1610. The summed E-state index contributed by atoms with van der Waals surface area (Å²) in [4.78, 5) is 39.6. The normalized spacial score (nSPS) is 37.1. The van der Waals surface area contributed by atoms with E-state index in [4.69, 9.17) is 5.11 Å². The topological polar surface area (TPSA) is 94.9 Å². The highest BCUT2D eigenvalue weighted by molar-refractivity contribution is 5.88. The molecule has 53 heavy (non-hydrogen) atoms. The number of carboxylic acid groups (broad SMARTS) is 2. The lowest BCUT2D eigenvalue weighted by atomic mass is 9.32. The Kier molecular flexibility index (Phi) is 11.1. The van der Waals surface area contributed by atoms with Crippen molar-refractivity contribution < 1.29 is 24.6 Å². The number of hydrogen-bond donors (Lipinski definition) is 2. The molecule has 1 aromatic rings. The SMILES string of the molecule is C=C(C)[C@@H]1CC[C@]2(C(=O)CCCCN(CC)CCCC(=O)O)CC[C@]3(C)[C@H](CC[C@@H]4[C@@]5(C)CC=C(c6ccc(C(=O)O)cc6)C(C)(C)[C@@H]5CC[C@]43C)[C@@H]12. The van der Waals surface area contributed by atoms with Crippen LogP contribution in [0, 0.1) is 56.7 Å². The van der Waals surface area contributed by atoms with Gasteiger partial charge in [-0.05, 0) is 178 Å². The number of ketones is 1. The largest absolute Gasteiger partial charge is 0.481 e. The molecular weight excluding hydrogens is 659 g/mol. The maximum atomic E-state index is 14.6. The molecule has 0 spiro atoms. The number of benzene rings is 1. The Morgan fingerprint density at radius 3 is 2.15 bits per heavy atom. The molecule has 5 aliphatic carbocycles. The van der Waals surface area contributed by atoms with Gasteiger partial charge in [0.15, 0.2) is 0 Å². The van der Waals surface area contributed by atoms with Crippen LogP contribution < -0.4 is 0 Å². The maximum absolute atomic E-state index is 14.6. The maximum Gasteiger partial charge on any atom is 0.335 e. The number of rotatable bonds is 14. The molecule has 1 aromatic carbocycles. The van der Waals surface area contributed by atoms with E-state index in [0.717, 1.165) is 70.1 Å². The Morgan fingerprint density at radius 2 is 1.51 bits per heavy atom. The molecule has 5 aliphatic rings. The van der Waals surface area contributed by atoms with Crippen LogP contribution in [0.1, 0.15) is 154 Å². The summed E-state index contributed by atoms with van der Waals surface area (Å²) < 4.78 is 0. The number of unbranched alkanes of at least 4 members (excludes halogenated alkanes) is 1. The van der Waals surface area contributed by atoms with Gasteiger partial charge in [-0.2, -0.15) is 0 Å². The summed E-state index contributed by atoms with van der Waals surface area (Å²) in [6.07, 6.45) is 16.2. The zero-order chi connectivity index (χ0) is 38.6. The van der Waals surface area contributed by atoms with Gasteiger partial charge in [0, 0.05) is 18.3 Å². The van der Waals surface area contributed by atoms with E-state index in [-0.39, 0.29) is 33.5 Å². The minimum atomic E-state index is -0.880. The molecule has 0 heterocycles. The molecule has 0 aliphatic heterocycles. The van der Waals surface area contributed by atoms with Gasteiger partial charge < -0.3 is 15.1 Å². The molecule has 0 aromatic heterocycles. The molecule has 4 saturated carbocycles. The number of aliphatic carboxylic acids is 1. The molecule has 0 saturated heterocycles. The van der Waals surface area contributed by atoms with Crippen LogP contribution in [0.2, 0.25) is 0 Å². The van der Waals surface area contributed by atoms with Crippen LogP contribution in [0.4, 0.5) is 0 Å². The first-order valence-electron chi connectivity index (χ1n) is 21.1. The lowest BCUT2D eigenvalue weighted by Crippen LogP contribution is -2.65. The molecule has 6 heteroatoms. The second-order valence-corrected chi connectivity index (χ2v) is 19.6. The van der Waals surface area contributed by atoms with Crippen molar-refractivity contribution in [3.05, 3.63) is 53.6 Å². The number of carboxylic acids is 2. The fourth-order valence-electron chi connectivity index (χ4n) is 14.3. The van der Waals surface area contributed by atoms with Gasteiger partial charge in [-0.1, -0.05) is 71.9 Å². The minimum Gasteiger partial charge on any atom is -0.481 e. The summed E-state index contributed by atoms with van der Waals surface area (Å²) in [7, 11) is 0. The number of fused-ring (bicyclic) bond motifs is 7. The molecule has 0 bridgehead atoms. The average molecular weight is 728 g/mol. The van der Waals surface area contributed by atoms with E-state index in [2.05, 4.69) is 66.0 Å². The van der Waals surface area contributed by atoms with Crippen LogP contribution in [0.5, 0.6) is 0 Å². The first-order chi connectivity index (χ1) is 25.0. The van der Waals surface area contributed by atoms with Crippen LogP contribution in [0.15, 0.2) is 42.5 Å². The summed E-state index contributed by atoms with van der Waals surface area (Å²) in [6, 6.07) is 7.54. The van der Waals surface area contributed by atoms with E-state index >= 15 is 0 Å². The van der Waals surface area contributed by atoms with Crippen molar-refractivity contribution in [1.82, 2.24) is 4.90 Å². The van der Waals surface area contributed by atoms with E-state index in [0.29, 0.717) is 53.8 Å². The summed E-state index contributed by atoms with van der Waals surface area (Å²) in [5.41, 5.74) is 4.47. The van der Waals surface area contributed by atoms with Gasteiger partial charge in [-0.3, -0.25) is 9.59 Å². The number of allylic oxidation sites excluding steroid dienone is 3. The Balaban J connectivity index is 1.22. The Hall–Kier alpha value is -2.73. The van der Waals surface area contributed by atoms with E-state index < -0.39 is 11.9 Å². The predicted molar refractivity (Wildman–Crippen MR) is 214 cm³/mol. The van der Waals surface area contributed by atoms with Crippen LogP contribution in [0.3, 0.4) is 0 Å². The second kappa shape index (κ2) is 14.7. The smallest absolute Gasteiger partial charge is 0.335 e. The van der Waals surface area contributed by atoms with Crippen LogP contribution in [-0.2, 0) is 9.59 Å². The van der Waals surface area contributed by atoms with E-state index in [1.165, 1.54) is 36.8 Å². The van der Waals surface area contributed by atoms with Crippen molar-refractivity contribution in [3.63, 3.8) is 0 Å². The summed E-state index contributed by atoms with van der Waals surface area (Å²) in [5, 5.41) is 18.5. The lowest BCUT2D eigenvalue weighted by Gasteiger charge is -2.72. The highest BCUT2D eigenvalue weighted by atomic mass is 16.4. The van der Waals surface area contributed by atoms with Crippen molar-refractivity contribution in [2.75, 3.05) is 19.6 Å². The standard InChI is InChI=1S/C47H69NO5/c1-9-48(30-12-14-40(50)51)29-11-10-13-39(49)47-26-21-34(31(2)3)41(47)36-19-20-38-44(6)24-22-35(32-15-17-33(18-16-32)42(52)53)43(4,5)37(44)23-25-46(38,8)45(36,7)27-28-47/h15-18,22,34,36-38,41H,2,9-14,19-21,23-30H2,1,3-8H3,(H,50,51)(H,52,53)/t34-,36+,37-,38+,41+,44-,45+,46+,47+/m0/s1. The molecule has 0 amide bonds. The fraction of sp³-hybridized carbons (Fsp3) is 0.723. The fourth-order valence-corrected chi connectivity index (χ4v) is 14.3. The van der Waals surface area contributed by atoms with Gasteiger partial charge in [0.25, 0.3) is 0 Å². The molecule has 2 N–H and O–H groups in total. The number of hydrogen-bond acceptors (Lipinski definition) is 4. The lowest BCUT2D eigenvalue weighted by molar-refractivity contribution is -0.224. The van der Waals surface area contributed by atoms with Crippen LogP contribution >= 0.6 is 0 Å². The van der Waals surface area contributed by atoms with E-state index in [9.17, 15) is 19.5 Å². The van der Waals surface area contributed by atoms with Crippen LogP contribution in [-0.4, -0.2) is 52.5 Å². The highest BCUT2D eigenvalue weighted by Crippen LogP contribution is 2.78. The number of carbonyl (C=O) groups excluding carboxylic acids is 1. The second-order valence-electron chi connectivity index (χ2n) is 19.6. The van der Waals surface area contributed by atoms with Gasteiger partial charge >= 0.3 is 11.9 Å².